The quantitative estimate of drug-likeness (QED) is 0.531. The molecule has 3 aromatic rings. The van der Waals surface area contributed by atoms with Crippen LogP contribution < -0.4 is 4.74 Å². The van der Waals surface area contributed by atoms with Gasteiger partial charge in [0.1, 0.15) is 11.9 Å². The van der Waals surface area contributed by atoms with Gasteiger partial charge in [0.25, 0.3) is 5.91 Å². The smallest absolute Gasteiger partial charge is 0.257 e. The van der Waals surface area contributed by atoms with Crippen LogP contribution in [0, 0.1) is 12.8 Å². The summed E-state index contributed by atoms with van der Waals surface area (Å²) in [5.41, 5.74) is 1.30. The fourth-order valence-corrected chi connectivity index (χ4v) is 4.42. The second-order valence-electron chi connectivity index (χ2n) is 7.83. The summed E-state index contributed by atoms with van der Waals surface area (Å²) in [6.07, 6.45) is 3.89. The normalized spacial score (nSPS) is 18.9. The van der Waals surface area contributed by atoms with Gasteiger partial charge in [-0.05, 0) is 30.7 Å². The number of nitrogens with zero attached hydrogens (tertiary/aromatic N) is 4. The predicted octanol–water partition coefficient (Wildman–Crippen LogP) is 4.44. The predicted molar refractivity (Wildman–Crippen MR) is 126 cm³/mol. The van der Waals surface area contributed by atoms with Crippen molar-refractivity contribution in [3.63, 3.8) is 0 Å². The second kappa shape index (κ2) is 10.2. The van der Waals surface area contributed by atoms with Crippen LogP contribution in [0.2, 0.25) is 15.1 Å². The standard InChI is InChI=1S/C23H21Cl3N4O3/c1-13-27-7-15(8-28-13)23(32)30-10-17(14-2-4-19(25)20(26)6-14)18(11-30)21(12-31)33-22-5-3-16(24)9-29-22/h2-9,17-18,21,31H,10-12H2,1H3/t17-,18+,21-/m1/s1. The molecular formula is C23H21Cl3N4O3. The molecule has 0 radical (unpaired) electrons. The summed E-state index contributed by atoms with van der Waals surface area (Å²) in [5, 5.41) is 11.5. The molecule has 0 unspecified atom stereocenters. The van der Waals surface area contributed by atoms with Gasteiger partial charge in [-0.25, -0.2) is 15.0 Å². The molecule has 33 heavy (non-hydrogen) atoms. The largest absolute Gasteiger partial charge is 0.472 e. The first-order valence-electron chi connectivity index (χ1n) is 10.3. The lowest BCUT2D eigenvalue weighted by molar-refractivity contribution is 0.0578. The van der Waals surface area contributed by atoms with E-state index in [0.717, 1.165) is 5.56 Å². The van der Waals surface area contributed by atoms with E-state index >= 15 is 0 Å². The van der Waals surface area contributed by atoms with E-state index in [0.29, 0.717) is 45.4 Å². The van der Waals surface area contributed by atoms with Crippen molar-refractivity contribution < 1.29 is 14.6 Å². The number of amides is 1. The zero-order valence-electron chi connectivity index (χ0n) is 17.7. The molecule has 1 aliphatic rings. The van der Waals surface area contributed by atoms with Crippen LogP contribution in [0.1, 0.15) is 27.7 Å². The van der Waals surface area contributed by atoms with Crippen molar-refractivity contribution in [2.45, 2.75) is 18.9 Å². The first-order chi connectivity index (χ1) is 15.9. The molecule has 0 saturated carbocycles. The summed E-state index contributed by atoms with van der Waals surface area (Å²) >= 11 is 18.3. The Morgan fingerprint density at radius 2 is 1.85 bits per heavy atom. The van der Waals surface area contributed by atoms with E-state index < -0.39 is 6.10 Å². The first kappa shape index (κ1) is 23.7. The highest BCUT2D eigenvalue weighted by atomic mass is 35.5. The molecule has 1 N–H and O–H groups in total. The molecular weight excluding hydrogens is 487 g/mol. The molecule has 0 spiro atoms. The topological polar surface area (TPSA) is 88.4 Å². The van der Waals surface area contributed by atoms with Crippen LogP contribution in [0.4, 0.5) is 0 Å². The second-order valence-corrected chi connectivity index (χ2v) is 9.08. The van der Waals surface area contributed by atoms with Crippen molar-refractivity contribution in [1.29, 1.82) is 0 Å². The van der Waals surface area contributed by atoms with E-state index in [4.69, 9.17) is 39.5 Å². The zero-order valence-corrected chi connectivity index (χ0v) is 19.9. The minimum Gasteiger partial charge on any atom is -0.472 e. The number of hydrogen-bond acceptors (Lipinski definition) is 6. The Morgan fingerprint density at radius 3 is 2.48 bits per heavy atom. The summed E-state index contributed by atoms with van der Waals surface area (Å²) in [4.78, 5) is 27.3. The Hall–Kier alpha value is -2.45. The van der Waals surface area contributed by atoms with Gasteiger partial charge in [-0.1, -0.05) is 40.9 Å². The average molecular weight is 508 g/mol. The van der Waals surface area contributed by atoms with E-state index in [1.165, 1.54) is 18.6 Å². The Labute approximate surface area is 206 Å². The van der Waals surface area contributed by atoms with Gasteiger partial charge in [-0.2, -0.15) is 0 Å². The molecule has 4 rings (SSSR count). The molecule has 1 aliphatic heterocycles. The maximum atomic E-state index is 13.2. The monoisotopic (exact) mass is 506 g/mol. The molecule has 1 fully saturated rings. The molecule has 1 aromatic carbocycles. The van der Waals surface area contributed by atoms with Crippen LogP contribution in [0.3, 0.4) is 0 Å². The number of carbonyl (C=O) groups is 1. The number of halogens is 3. The summed E-state index contributed by atoms with van der Waals surface area (Å²) in [6, 6.07) is 8.70. The fraction of sp³-hybridized carbons (Fsp3) is 0.304. The Bertz CT molecular complexity index is 1130. The van der Waals surface area contributed by atoms with Crippen molar-refractivity contribution >= 4 is 40.7 Å². The lowest BCUT2D eigenvalue weighted by Gasteiger charge is -2.27. The third kappa shape index (κ3) is 5.38. The number of ether oxygens (including phenoxy) is 1. The number of aryl methyl sites for hydroxylation is 1. The van der Waals surface area contributed by atoms with Crippen molar-refractivity contribution in [3.05, 3.63) is 80.9 Å². The van der Waals surface area contributed by atoms with Crippen molar-refractivity contribution in [2.24, 2.45) is 5.92 Å². The number of aromatic nitrogens is 3. The van der Waals surface area contributed by atoms with Gasteiger partial charge in [0.05, 0.1) is 27.2 Å². The third-order valence-corrected chi connectivity index (χ3v) is 6.64. The number of rotatable bonds is 6. The summed E-state index contributed by atoms with van der Waals surface area (Å²) < 4.78 is 6.02. The first-order valence-corrected chi connectivity index (χ1v) is 11.4. The molecule has 3 atom stereocenters. The molecule has 172 valence electrons. The molecule has 0 bridgehead atoms. The molecule has 1 amide bonds. The van der Waals surface area contributed by atoms with E-state index in [1.807, 2.05) is 6.07 Å². The number of carbonyl (C=O) groups excluding carboxylic acids is 1. The number of likely N-dealkylation sites (tertiary alicyclic amines) is 1. The number of aliphatic hydroxyl groups is 1. The minimum absolute atomic E-state index is 0.153. The molecule has 2 aromatic heterocycles. The van der Waals surface area contributed by atoms with Crippen LogP contribution in [0.25, 0.3) is 0 Å². The highest BCUT2D eigenvalue weighted by Crippen LogP contribution is 2.38. The van der Waals surface area contributed by atoms with E-state index in [1.54, 1.807) is 36.1 Å². The van der Waals surface area contributed by atoms with Gasteiger partial charge in [-0.15, -0.1) is 0 Å². The lowest BCUT2D eigenvalue weighted by Crippen LogP contribution is -2.36. The SMILES string of the molecule is Cc1ncc(C(=O)N2C[C@H]([C@@H](CO)Oc3ccc(Cl)cn3)[C@@H](c3ccc(Cl)c(Cl)c3)C2)cn1. The van der Waals surface area contributed by atoms with E-state index in [2.05, 4.69) is 15.0 Å². The van der Waals surface area contributed by atoms with Crippen molar-refractivity contribution in [3.8, 4) is 5.88 Å². The van der Waals surface area contributed by atoms with Crippen LogP contribution in [0.15, 0.2) is 48.9 Å². The van der Waals surface area contributed by atoms with Crippen molar-refractivity contribution in [1.82, 2.24) is 19.9 Å². The molecule has 3 heterocycles. The van der Waals surface area contributed by atoms with Gasteiger partial charge in [0, 0.05) is 49.6 Å². The van der Waals surface area contributed by atoms with Gasteiger partial charge in [0.15, 0.2) is 0 Å². The number of pyridine rings is 1. The maximum absolute atomic E-state index is 13.2. The number of aliphatic hydroxyl groups excluding tert-OH is 1. The summed E-state index contributed by atoms with van der Waals surface area (Å²) in [6.45, 7) is 2.26. The number of hydrogen-bond donors (Lipinski definition) is 1. The van der Waals surface area contributed by atoms with Gasteiger partial charge in [0.2, 0.25) is 5.88 Å². The van der Waals surface area contributed by atoms with Crippen LogP contribution >= 0.6 is 34.8 Å². The Balaban J connectivity index is 1.64. The molecule has 10 heteroatoms. The number of benzene rings is 1. The third-order valence-electron chi connectivity index (χ3n) is 5.68. The van der Waals surface area contributed by atoms with Gasteiger partial charge in [-0.3, -0.25) is 4.79 Å². The van der Waals surface area contributed by atoms with Crippen LogP contribution in [-0.2, 0) is 0 Å². The summed E-state index contributed by atoms with van der Waals surface area (Å²) in [5.74, 6) is 0.343. The van der Waals surface area contributed by atoms with Crippen LogP contribution in [-0.4, -0.2) is 56.7 Å². The van der Waals surface area contributed by atoms with E-state index in [-0.39, 0.29) is 24.3 Å². The lowest BCUT2D eigenvalue weighted by atomic mass is 9.85. The van der Waals surface area contributed by atoms with E-state index in [9.17, 15) is 9.90 Å². The Kier molecular flexibility index (Phi) is 7.34. The minimum atomic E-state index is -0.620. The fourth-order valence-electron chi connectivity index (χ4n) is 4.00. The highest BCUT2D eigenvalue weighted by Gasteiger charge is 2.42. The Morgan fingerprint density at radius 1 is 1.09 bits per heavy atom. The zero-order chi connectivity index (χ0) is 23.5. The molecule has 1 saturated heterocycles. The maximum Gasteiger partial charge on any atom is 0.257 e. The van der Waals surface area contributed by atoms with Crippen LogP contribution in [0.5, 0.6) is 5.88 Å². The van der Waals surface area contributed by atoms with Gasteiger partial charge >= 0.3 is 0 Å². The van der Waals surface area contributed by atoms with Crippen molar-refractivity contribution in [2.75, 3.05) is 19.7 Å². The van der Waals surface area contributed by atoms with Gasteiger partial charge < -0.3 is 14.7 Å². The molecule has 7 nitrogen and oxygen atoms in total. The highest BCUT2D eigenvalue weighted by molar-refractivity contribution is 6.42. The average Bonchev–Trinajstić information content (AvgIpc) is 3.26. The summed E-state index contributed by atoms with van der Waals surface area (Å²) in [7, 11) is 0. The molecule has 0 aliphatic carbocycles.